The second-order valence-electron chi connectivity index (χ2n) is 4.76. The van der Waals surface area contributed by atoms with Gasteiger partial charge in [0.1, 0.15) is 5.82 Å². The Labute approximate surface area is 125 Å². The summed E-state index contributed by atoms with van der Waals surface area (Å²) < 4.78 is 0. The molecule has 2 N–H and O–H groups in total. The Morgan fingerprint density at radius 1 is 1.36 bits per heavy atom. The van der Waals surface area contributed by atoms with E-state index in [0.29, 0.717) is 18.2 Å². The Kier molecular flexibility index (Phi) is 3.65. The fraction of sp³-hybridized carbons (Fsp3) is 0.214. The number of pyridine rings is 1. The van der Waals surface area contributed by atoms with Gasteiger partial charge in [-0.15, -0.1) is 15.0 Å². The number of tetrazole rings is 1. The molecule has 0 atom stereocenters. The summed E-state index contributed by atoms with van der Waals surface area (Å²) in [6, 6.07) is 7.62. The first kappa shape index (κ1) is 13.9. The molecule has 0 aliphatic rings. The number of nitrogens with one attached hydrogen (secondary N) is 1. The van der Waals surface area contributed by atoms with Crippen LogP contribution in [-0.2, 0) is 4.79 Å². The molecule has 0 spiro atoms. The topological polar surface area (TPSA) is 106 Å². The number of carboxylic acids is 1. The van der Waals surface area contributed by atoms with Crippen molar-refractivity contribution in [2.75, 3.05) is 11.9 Å². The van der Waals surface area contributed by atoms with Crippen molar-refractivity contribution in [3.05, 3.63) is 36.3 Å². The van der Waals surface area contributed by atoms with Gasteiger partial charge in [-0.2, -0.15) is 0 Å². The van der Waals surface area contributed by atoms with E-state index >= 15 is 0 Å². The SMILES string of the molecule is Cc1nnn(-c2ccc3ccnc(NCCC(=O)O)c3c2)n1. The summed E-state index contributed by atoms with van der Waals surface area (Å²) in [6.45, 7) is 2.08. The molecule has 0 amide bonds. The zero-order valence-electron chi connectivity index (χ0n) is 11.9. The molecule has 112 valence electrons. The van der Waals surface area contributed by atoms with Crippen molar-refractivity contribution in [3.8, 4) is 5.69 Å². The normalized spacial score (nSPS) is 10.8. The molecule has 0 bridgehead atoms. The molecule has 8 nitrogen and oxygen atoms in total. The number of anilines is 1. The number of nitrogens with zero attached hydrogens (tertiary/aromatic N) is 5. The lowest BCUT2D eigenvalue weighted by molar-refractivity contribution is -0.136. The van der Waals surface area contributed by atoms with Gasteiger partial charge in [0.05, 0.1) is 12.1 Å². The molecule has 0 aliphatic heterocycles. The highest BCUT2D eigenvalue weighted by molar-refractivity contribution is 5.93. The van der Waals surface area contributed by atoms with Gasteiger partial charge in [-0.25, -0.2) is 4.98 Å². The maximum atomic E-state index is 10.6. The first-order valence-corrected chi connectivity index (χ1v) is 6.75. The molecule has 22 heavy (non-hydrogen) atoms. The van der Waals surface area contributed by atoms with Crippen LogP contribution < -0.4 is 5.32 Å². The largest absolute Gasteiger partial charge is 0.481 e. The first-order valence-electron chi connectivity index (χ1n) is 6.75. The minimum absolute atomic E-state index is 0.0293. The highest BCUT2D eigenvalue weighted by Crippen LogP contribution is 2.23. The van der Waals surface area contributed by atoms with Gasteiger partial charge in [-0.1, -0.05) is 6.07 Å². The zero-order valence-corrected chi connectivity index (χ0v) is 11.9. The van der Waals surface area contributed by atoms with E-state index in [1.807, 2.05) is 24.3 Å². The second kappa shape index (κ2) is 5.76. The van der Waals surface area contributed by atoms with Crippen LogP contribution in [0.15, 0.2) is 30.5 Å². The standard InChI is InChI=1S/C14H14N6O2/c1-9-17-19-20(18-9)11-3-2-10-4-6-15-14(12(10)8-11)16-7-5-13(21)22/h2-4,6,8H,5,7H2,1H3,(H,15,16)(H,21,22). The summed E-state index contributed by atoms with van der Waals surface area (Å²) in [5.41, 5.74) is 0.766. The van der Waals surface area contributed by atoms with Crippen LogP contribution in [0.1, 0.15) is 12.2 Å². The van der Waals surface area contributed by atoms with Gasteiger partial charge < -0.3 is 10.4 Å². The van der Waals surface area contributed by atoms with Crippen LogP contribution in [0.2, 0.25) is 0 Å². The molecule has 0 aliphatic carbocycles. The molecular formula is C14H14N6O2. The predicted molar refractivity (Wildman–Crippen MR) is 79.9 cm³/mol. The molecule has 2 heterocycles. The van der Waals surface area contributed by atoms with Crippen LogP contribution in [0.3, 0.4) is 0 Å². The van der Waals surface area contributed by atoms with E-state index in [4.69, 9.17) is 5.11 Å². The molecule has 3 aromatic rings. The van der Waals surface area contributed by atoms with Crippen molar-refractivity contribution in [1.82, 2.24) is 25.2 Å². The summed E-state index contributed by atoms with van der Waals surface area (Å²) in [6.07, 6.45) is 1.71. The summed E-state index contributed by atoms with van der Waals surface area (Å²) in [5.74, 6) is 0.374. The van der Waals surface area contributed by atoms with Crippen LogP contribution in [0.4, 0.5) is 5.82 Å². The number of hydrogen-bond donors (Lipinski definition) is 2. The van der Waals surface area contributed by atoms with Crippen molar-refractivity contribution in [2.24, 2.45) is 0 Å². The minimum Gasteiger partial charge on any atom is -0.481 e. The summed E-state index contributed by atoms with van der Waals surface area (Å²) >= 11 is 0. The van der Waals surface area contributed by atoms with Crippen molar-refractivity contribution >= 4 is 22.6 Å². The predicted octanol–water partition coefficient (Wildman–Crippen LogP) is 1.41. The fourth-order valence-corrected chi connectivity index (χ4v) is 2.10. The Bertz CT molecular complexity index is 829. The van der Waals surface area contributed by atoms with Gasteiger partial charge in [0.15, 0.2) is 5.82 Å². The highest BCUT2D eigenvalue weighted by atomic mass is 16.4. The number of aryl methyl sites for hydroxylation is 1. The first-order chi connectivity index (χ1) is 10.6. The van der Waals surface area contributed by atoms with Crippen molar-refractivity contribution in [1.29, 1.82) is 0 Å². The number of rotatable bonds is 5. The van der Waals surface area contributed by atoms with E-state index in [9.17, 15) is 4.79 Å². The lowest BCUT2D eigenvalue weighted by Crippen LogP contribution is -2.09. The number of fused-ring (bicyclic) bond motifs is 1. The van der Waals surface area contributed by atoms with Crippen molar-refractivity contribution < 1.29 is 9.90 Å². The molecule has 3 rings (SSSR count). The van der Waals surface area contributed by atoms with E-state index in [0.717, 1.165) is 16.5 Å². The smallest absolute Gasteiger partial charge is 0.305 e. The quantitative estimate of drug-likeness (QED) is 0.733. The number of carboxylic acid groups (broad SMARTS) is 1. The molecule has 0 unspecified atom stereocenters. The number of aliphatic carboxylic acids is 1. The second-order valence-corrected chi connectivity index (χ2v) is 4.76. The van der Waals surface area contributed by atoms with Gasteiger partial charge in [-0.3, -0.25) is 4.79 Å². The Morgan fingerprint density at radius 3 is 2.95 bits per heavy atom. The number of benzene rings is 1. The summed E-state index contributed by atoms with van der Waals surface area (Å²) in [5, 5.41) is 25.6. The average Bonchev–Trinajstić information content (AvgIpc) is 2.93. The van der Waals surface area contributed by atoms with Gasteiger partial charge in [-0.05, 0) is 35.7 Å². The maximum Gasteiger partial charge on any atom is 0.305 e. The van der Waals surface area contributed by atoms with E-state index in [1.165, 1.54) is 4.80 Å². The fourth-order valence-electron chi connectivity index (χ4n) is 2.10. The lowest BCUT2D eigenvalue weighted by atomic mass is 10.1. The van der Waals surface area contributed by atoms with E-state index in [-0.39, 0.29) is 6.42 Å². The lowest BCUT2D eigenvalue weighted by Gasteiger charge is -2.09. The Hall–Kier alpha value is -3.03. The third kappa shape index (κ3) is 2.85. The van der Waals surface area contributed by atoms with E-state index in [1.54, 1.807) is 13.1 Å². The number of aromatic nitrogens is 5. The van der Waals surface area contributed by atoms with Crippen molar-refractivity contribution in [2.45, 2.75) is 13.3 Å². The molecule has 8 heteroatoms. The van der Waals surface area contributed by atoms with Crippen LogP contribution in [0, 0.1) is 6.92 Å². The third-order valence-corrected chi connectivity index (χ3v) is 3.13. The maximum absolute atomic E-state index is 10.6. The van der Waals surface area contributed by atoms with Gasteiger partial charge in [0.2, 0.25) is 0 Å². The Morgan fingerprint density at radius 2 is 2.23 bits per heavy atom. The van der Waals surface area contributed by atoms with Crippen LogP contribution in [-0.4, -0.2) is 42.8 Å². The van der Waals surface area contributed by atoms with E-state index in [2.05, 4.69) is 25.7 Å². The summed E-state index contributed by atoms with van der Waals surface area (Å²) in [7, 11) is 0. The summed E-state index contributed by atoms with van der Waals surface area (Å²) in [4.78, 5) is 16.3. The van der Waals surface area contributed by atoms with E-state index < -0.39 is 5.97 Å². The van der Waals surface area contributed by atoms with Crippen LogP contribution in [0.5, 0.6) is 0 Å². The highest BCUT2D eigenvalue weighted by Gasteiger charge is 2.07. The van der Waals surface area contributed by atoms with Gasteiger partial charge >= 0.3 is 5.97 Å². The molecule has 0 saturated heterocycles. The zero-order chi connectivity index (χ0) is 15.5. The van der Waals surface area contributed by atoms with Crippen LogP contribution in [0.25, 0.3) is 16.5 Å². The van der Waals surface area contributed by atoms with Gasteiger partial charge in [0.25, 0.3) is 0 Å². The van der Waals surface area contributed by atoms with Crippen LogP contribution >= 0.6 is 0 Å². The minimum atomic E-state index is -0.851. The molecule has 1 aromatic carbocycles. The Balaban J connectivity index is 1.96. The average molecular weight is 298 g/mol. The van der Waals surface area contributed by atoms with Gasteiger partial charge in [0, 0.05) is 18.1 Å². The molecular weight excluding hydrogens is 284 g/mol. The monoisotopic (exact) mass is 298 g/mol. The number of carbonyl (C=O) groups is 1. The molecule has 2 aromatic heterocycles. The third-order valence-electron chi connectivity index (χ3n) is 3.13. The molecule has 0 radical (unpaired) electrons. The molecule has 0 saturated carbocycles. The molecule has 0 fully saturated rings. The van der Waals surface area contributed by atoms with Crippen molar-refractivity contribution in [3.63, 3.8) is 0 Å². The number of hydrogen-bond acceptors (Lipinski definition) is 6.